The predicted octanol–water partition coefficient (Wildman–Crippen LogP) is 3.37. The van der Waals surface area contributed by atoms with Gasteiger partial charge in [-0.2, -0.15) is 21.7 Å². The zero-order valence-electron chi connectivity index (χ0n) is 11.6. The fourth-order valence-corrected chi connectivity index (χ4v) is 3.47. The van der Waals surface area contributed by atoms with Gasteiger partial charge in [0.1, 0.15) is 11.6 Å². The maximum Gasteiger partial charge on any atom is 0.170 e. The molecule has 3 heterocycles. The number of hydrogen-bond donors (Lipinski definition) is 0. The summed E-state index contributed by atoms with van der Waals surface area (Å²) in [5.41, 5.74) is 3.75. The molecule has 0 saturated carbocycles. The Balaban J connectivity index is 2.05. The Morgan fingerprint density at radius 3 is 2.95 bits per heavy atom. The molecule has 1 saturated heterocycles. The van der Waals surface area contributed by atoms with E-state index < -0.39 is 0 Å². The molecule has 1 fully saturated rings. The molecule has 4 nitrogen and oxygen atoms in total. The Morgan fingerprint density at radius 2 is 2.25 bits per heavy atom. The maximum atomic E-state index is 9.46. The Morgan fingerprint density at radius 1 is 1.40 bits per heavy atom. The quantitative estimate of drug-likeness (QED) is 0.848. The molecule has 0 spiro atoms. The van der Waals surface area contributed by atoms with Crippen LogP contribution in [-0.2, 0) is 0 Å². The summed E-state index contributed by atoms with van der Waals surface area (Å²) in [7, 11) is 0. The number of aryl methyl sites for hydroxylation is 1. The Hall–Kier alpha value is -1.93. The van der Waals surface area contributed by atoms with Gasteiger partial charge in [0, 0.05) is 6.54 Å². The van der Waals surface area contributed by atoms with Gasteiger partial charge in [0.15, 0.2) is 5.82 Å². The molecule has 1 unspecified atom stereocenters. The number of anilines is 1. The number of nitriles is 1. The van der Waals surface area contributed by atoms with Crippen LogP contribution in [0.2, 0.25) is 0 Å². The van der Waals surface area contributed by atoms with E-state index in [1.807, 2.05) is 13.8 Å². The predicted molar refractivity (Wildman–Crippen MR) is 79.9 cm³/mol. The summed E-state index contributed by atoms with van der Waals surface area (Å²) in [4.78, 5) is 2.24. The van der Waals surface area contributed by atoms with Gasteiger partial charge in [-0.3, -0.25) is 0 Å². The minimum absolute atomic E-state index is 0.324. The van der Waals surface area contributed by atoms with Crippen LogP contribution >= 0.6 is 11.3 Å². The smallest absolute Gasteiger partial charge is 0.170 e. The summed E-state index contributed by atoms with van der Waals surface area (Å²) in [5.74, 6) is 0.740. The molecule has 2 aromatic rings. The van der Waals surface area contributed by atoms with Crippen LogP contribution in [0.25, 0.3) is 0 Å². The van der Waals surface area contributed by atoms with Gasteiger partial charge in [0.25, 0.3) is 0 Å². The topological polar surface area (TPSA) is 52.8 Å². The highest BCUT2D eigenvalue weighted by atomic mass is 32.1. The van der Waals surface area contributed by atoms with Gasteiger partial charge in [-0.25, -0.2) is 0 Å². The summed E-state index contributed by atoms with van der Waals surface area (Å²) in [6.45, 7) is 4.78. The average Bonchev–Trinajstić information content (AvgIpc) is 3.10. The van der Waals surface area contributed by atoms with Crippen LogP contribution in [0, 0.1) is 25.2 Å². The zero-order valence-corrected chi connectivity index (χ0v) is 12.4. The van der Waals surface area contributed by atoms with Crippen LogP contribution in [0.3, 0.4) is 0 Å². The normalized spacial score (nSPS) is 18.2. The Bertz CT molecular complexity index is 657. The second-order valence-electron chi connectivity index (χ2n) is 5.13. The van der Waals surface area contributed by atoms with Crippen molar-refractivity contribution >= 4 is 17.2 Å². The lowest BCUT2D eigenvalue weighted by atomic mass is 10.1. The standard InChI is InChI=1S/C15H16N4S/c1-10-11(2)17-18-15(13(10)8-16)19-6-3-4-14(19)12-5-7-20-9-12/h5,7,9,14H,3-4,6H2,1-2H3. The van der Waals surface area contributed by atoms with Gasteiger partial charge < -0.3 is 4.90 Å². The van der Waals surface area contributed by atoms with Crippen molar-refractivity contribution < 1.29 is 0 Å². The van der Waals surface area contributed by atoms with E-state index in [0.29, 0.717) is 11.6 Å². The van der Waals surface area contributed by atoms with E-state index in [0.717, 1.165) is 36.5 Å². The molecule has 2 aromatic heterocycles. The molecular weight excluding hydrogens is 268 g/mol. The number of rotatable bonds is 2. The fourth-order valence-electron chi connectivity index (χ4n) is 2.76. The van der Waals surface area contributed by atoms with Gasteiger partial charge in [-0.1, -0.05) is 0 Å². The summed E-state index contributed by atoms with van der Waals surface area (Å²) < 4.78 is 0. The summed E-state index contributed by atoms with van der Waals surface area (Å²) >= 11 is 1.71. The summed E-state index contributed by atoms with van der Waals surface area (Å²) in [5, 5.41) is 22.3. The summed E-state index contributed by atoms with van der Waals surface area (Å²) in [6.07, 6.45) is 2.23. The molecule has 0 aromatic carbocycles. The van der Waals surface area contributed by atoms with Gasteiger partial charge in [0.05, 0.1) is 11.7 Å². The summed E-state index contributed by atoms with van der Waals surface area (Å²) in [6, 6.07) is 4.79. The molecule has 1 atom stereocenters. The monoisotopic (exact) mass is 284 g/mol. The molecule has 0 radical (unpaired) electrons. The first-order valence-electron chi connectivity index (χ1n) is 6.75. The van der Waals surface area contributed by atoms with Crippen molar-refractivity contribution in [3.05, 3.63) is 39.2 Å². The zero-order chi connectivity index (χ0) is 14.1. The molecule has 5 heteroatoms. The highest BCUT2D eigenvalue weighted by Crippen LogP contribution is 2.37. The van der Waals surface area contributed by atoms with E-state index in [9.17, 15) is 5.26 Å². The third kappa shape index (κ3) is 2.06. The molecule has 0 aliphatic carbocycles. The van der Waals surface area contributed by atoms with E-state index in [1.165, 1.54) is 5.56 Å². The number of hydrogen-bond acceptors (Lipinski definition) is 5. The van der Waals surface area contributed by atoms with Crippen LogP contribution in [0.15, 0.2) is 16.8 Å². The van der Waals surface area contributed by atoms with E-state index in [2.05, 4.69) is 38.0 Å². The Kier molecular flexibility index (Phi) is 3.41. The number of aromatic nitrogens is 2. The minimum Gasteiger partial charge on any atom is -0.347 e. The lowest BCUT2D eigenvalue weighted by Crippen LogP contribution is -2.25. The van der Waals surface area contributed by atoms with Crippen LogP contribution < -0.4 is 4.90 Å². The first kappa shape index (κ1) is 13.1. The van der Waals surface area contributed by atoms with Crippen molar-refractivity contribution in [1.82, 2.24) is 10.2 Å². The second-order valence-corrected chi connectivity index (χ2v) is 5.91. The highest BCUT2D eigenvalue weighted by Gasteiger charge is 2.30. The number of nitrogens with zero attached hydrogens (tertiary/aromatic N) is 4. The molecule has 3 rings (SSSR count). The van der Waals surface area contributed by atoms with Crippen LogP contribution in [-0.4, -0.2) is 16.7 Å². The van der Waals surface area contributed by atoms with E-state index in [1.54, 1.807) is 11.3 Å². The molecule has 0 N–H and O–H groups in total. The van der Waals surface area contributed by atoms with Crippen molar-refractivity contribution in [3.63, 3.8) is 0 Å². The Labute approximate surface area is 122 Å². The van der Waals surface area contributed by atoms with Crippen molar-refractivity contribution in [2.45, 2.75) is 32.7 Å². The van der Waals surface area contributed by atoms with Gasteiger partial charge in [0.2, 0.25) is 0 Å². The maximum absolute atomic E-state index is 9.46. The van der Waals surface area contributed by atoms with Crippen molar-refractivity contribution in [2.24, 2.45) is 0 Å². The average molecular weight is 284 g/mol. The van der Waals surface area contributed by atoms with E-state index in [4.69, 9.17) is 0 Å². The molecule has 20 heavy (non-hydrogen) atoms. The minimum atomic E-state index is 0.324. The fraction of sp³-hybridized carbons (Fsp3) is 0.400. The SMILES string of the molecule is Cc1nnc(N2CCCC2c2ccsc2)c(C#N)c1C. The molecule has 1 aliphatic rings. The van der Waals surface area contributed by atoms with Gasteiger partial charge in [-0.05, 0) is 54.6 Å². The van der Waals surface area contributed by atoms with Crippen molar-refractivity contribution in [2.75, 3.05) is 11.4 Å². The largest absolute Gasteiger partial charge is 0.347 e. The van der Waals surface area contributed by atoms with Gasteiger partial charge >= 0.3 is 0 Å². The lowest BCUT2D eigenvalue weighted by Gasteiger charge is -2.26. The molecular formula is C15H16N4S. The molecule has 1 aliphatic heterocycles. The second kappa shape index (κ2) is 5.22. The third-order valence-corrected chi connectivity index (χ3v) is 4.70. The lowest BCUT2D eigenvalue weighted by molar-refractivity contribution is 0.705. The van der Waals surface area contributed by atoms with E-state index >= 15 is 0 Å². The molecule has 102 valence electrons. The first-order valence-corrected chi connectivity index (χ1v) is 7.69. The highest BCUT2D eigenvalue weighted by molar-refractivity contribution is 7.08. The molecule has 0 bridgehead atoms. The first-order chi connectivity index (χ1) is 9.72. The van der Waals surface area contributed by atoms with Crippen LogP contribution in [0.5, 0.6) is 0 Å². The van der Waals surface area contributed by atoms with Crippen molar-refractivity contribution in [1.29, 1.82) is 5.26 Å². The van der Waals surface area contributed by atoms with Gasteiger partial charge in [-0.15, -0.1) is 5.10 Å². The van der Waals surface area contributed by atoms with E-state index in [-0.39, 0.29) is 0 Å². The third-order valence-electron chi connectivity index (χ3n) is 4.00. The van der Waals surface area contributed by atoms with Crippen molar-refractivity contribution in [3.8, 4) is 6.07 Å². The number of thiophene rings is 1. The van der Waals surface area contributed by atoms with Crippen LogP contribution in [0.1, 0.15) is 41.3 Å². The van der Waals surface area contributed by atoms with Crippen LogP contribution in [0.4, 0.5) is 5.82 Å². The molecule has 0 amide bonds.